The minimum atomic E-state index is -4.91. The van der Waals surface area contributed by atoms with Crippen LogP contribution in [0, 0.1) is 5.82 Å². The van der Waals surface area contributed by atoms with Crippen molar-refractivity contribution in [2.75, 3.05) is 0 Å². The highest BCUT2D eigenvalue weighted by Gasteiger charge is 2.40. The number of Topliss-reactive ketones (excluding diaryl/α,β-unsaturated/α-hetero) is 1. The molecule has 0 aliphatic heterocycles. The number of carbonyl (C=O) groups is 2. The number of ketones is 1. The average molecular weight is 433 g/mol. The van der Waals surface area contributed by atoms with Crippen LogP contribution in [-0.4, -0.2) is 17.9 Å². The Balaban J connectivity index is 1.65. The highest BCUT2D eigenvalue weighted by atomic mass is 32.1. The number of hydrogen-bond donors (Lipinski definition) is 1. The molecule has 0 bridgehead atoms. The Bertz CT molecular complexity index is 1090. The van der Waals surface area contributed by atoms with Gasteiger partial charge in [-0.3, -0.25) is 9.59 Å². The second-order valence-corrected chi connectivity index (χ2v) is 7.38. The topological polar surface area (TPSA) is 46.2 Å². The SMILES string of the molecule is O=C(C=Cc1cccc(-c2ccc(C(=O)C(F)(F)F)s2)c1)NCc1ccc(F)cc1. The van der Waals surface area contributed by atoms with Gasteiger partial charge in [0.1, 0.15) is 5.82 Å². The summed E-state index contributed by atoms with van der Waals surface area (Å²) in [6.45, 7) is 0.245. The maximum absolute atomic E-state index is 12.9. The fourth-order valence-electron chi connectivity index (χ4n) is 2.57. The van der Waals surface area contributed by atoms with E-state index in [9.17, 15) is 27.2 Å². The fraction of sp³-hybridized carbons (Fsp3) is 0.0909. The van der Waals surface area contributed by atoms with E-state index in [0.717, 1.165) is 23.0 Å². The average Bonchev–Trinajstić information content (AvgIpc) is 3.21. The van der Waals surface area contributed by atoms with Crippen LogP contribution in [-0.2, 0) is 11.3 Å². The van der Waals surface area contributed by atoms with Crippen LogP contribution in [0.2, 0.25) is 0 Å². The molecule has 3 rings (SSSR count). The van der Waals surface area contributed by atoms with Crippen molar-refractivity contribution in [1.82, 2.24) is 5.32 Å². The van der Waals surface area contributed by atoms with Crippen molar-refractivity contribution in [3.8, 4) is 10.4 Å². The lowest BCUT2D eigenvalue weighted by molar-refractivity contribution is -0.116. The molecule has 2 aromatic carbocycles. The van der Waals surface area contributed by atoms with Crippen LogP contribution in [0.25, 0.3) is 16.5 Å². The molecule has 1 aromatic heterocycles. The lowest BCUT2D eigenvalue weighted by Gasteiger charge is -2.03. The molecule has 1 amide bonds. The molecule has 0 saturated heterocycles. The van der Waals surface area contributed by atoms with Gasteiger partial charge in [-0.15, -0.1) is 11.3 Å². The molecule has 0 saturated carbocycles. The monoisotopic (exact) mass is 433 g/mol. The summed E-state index contributed by atoms with van der Waals surface area (Å²) in [6.07, 6.45) is -2.01. The summed E-state index contributed by atoms with van der Waals surface area (Å²) in [5.41, 5.74) is 2.05. The molecular formula is C22H15F4NO2S. The van der Waals surface area contributed by atoms with Crippen LogP contribution in [0.1, 0.15) is 20.8 Å². The quantitative estimate of drug-likeness (QED) is 0.311. The van der Waals surface area contributed by atoms with Gasteiger partial charge in [-0.1, -0.05) is 30.3 Å². The second-order valence-electron chi connectivity index (χ2n) is 6.29. The molecule has 8 heteroatoms. The number of alkyl halides is 3. The van der Waals surface area contributed by atoms with E-state index in [-0.39, 0.29) is 23.1 Å². The van der Waals surface area contributed by atoms with Gasteiger partial charge in [0.25, 0.3) is 5.78 Å². The van der Waals surface area contributed by atoms with Gasteiger partial charge in [0, 0.05) is 17.5 Å². The molecule has 154 valence electrons. The van der Waals surface area contributed by atoms with E-state index in [1.807, 2.05) is 0 Å². The lowest BCUT2D eigenvalue weighted by atomic mass is 10.1. The third-order valence-electron chi connectivity index (χ3n) is 4.07. The van der Waals surface area contributed by atoms with E-state index in [2.05, 4.69) is 5.32 Å². The number of hydrogen-bond acceptors (Lipinski definition) is 3. The van der Waals surface area contributed by atoms with Crippen molar-refractivity contribution in [3.63, 3.8) is 0 Å². The Morgan fingerprint density at radius 1 is 1.00 bits per heavy atom. The maximum Gasteiger partial charge on any atom is 0.455 e. The molecule has 1 N–H and O–H groups in total. The van der Waals surface area contributed by atoms with Crippen molar-refractivity contribution in [2.24, 2.45) is 0 Å². The highest BCUT2D eigenvalue weighted by molar-refractivity contribution is 7.17. The molecule has 0 aliphatic carbocycles. The molecule has 1 heterocycles. The minimum Gasteiger partial charge on any atom is -0.348 e. The number of halogens is 4. The van der Waals surface area contributed by atoms with Gasteiger partial charge < -0.3 is 5.32 Å². The van der Waals surface area contributed by atoms with Crippen LogP contribution in [0.5, 0.6) is 0 Å². The van der Waals surface area contributed by atoms with E-state index in [1.165, 1.54) is 24.3 Å². The lowest BCUT2D eigenvalue weighted by Crippen LogP contribution is -2.21. The first-order valence-electron chi connectivity index (χ1n) is 8.74. The molecule has 0 aliphatic rings. The number of benzene rings is 2. The van der Waals surface area contributed by atoms with E-state index < -0.39 is 12.0 Å². The van der Waals surface area contributed by atoms with Crippen molar-refractivity contribution in [2.45, 2.75) is 12.7 Å². The molecule has 3 nitrogen and oxygen atoms in total. The standard InChI is InChI=1S/C22H15F4NO2S/c23-17-7-4-15(5-8-17)13-27-20(28)11-6-14-2-1-3-16(12-14)18-9-10-19(30-18)21(29)22(24,25)26/h1-12H,13H2,(H,27,28). The van der Waals surface area contributed by atoms with Gasteiger partial charge in [-0.2, -0.15) is 13.2 Å². The van der Waals surface area contributed by atoms with E-state index in [1.54, 1.807) is 42.5 Å². The molecule has 0 radical (unpaired) electrons. The van der Waals surface area contributed by atoms with Gasteiger partial charge in [-0.05, 0) is 53.1 Å². The smallest absolute Gasteiger partial charge is 0.348 e. The predicted molar refractivity (Wildman–Crippen MR) is 107 cm³/mol. The van der Waals surface area contributed by atoms with Crippen molar-refractivity contribution in [1.29, 1.82) is 0 Å². The van der Waals surface area contributed by atoms with Crippen molar-refractivity contribution >= 4 is 29.1 Å². The van der Waals surface area contributed by atoms with Gasteiger partial charge in [-0.25, -0.2) is 4.39 Å². The van der Waals surface area contributed by atoms with Gasteiger partial charge >= 0.3 is 6.18 Å². The zero-order valence-electron chi connectivity index (χ0n) is 15.4. The Hall–Kier alpha value is -3.26. The molecule has 0 atom stereocenters. The normalized spacial score (nSPS) is 11.6. The van der Waals surface area contributed by atoms with Gasteiger partial charge in [0.2, 0.25) is 5.91 Å². The van der Waals surface area contributed by atoms with Crippen LogP contribution < -0.4 is 5.32 Å². The Kier molecular flexibility index (Phi) is 6.47. The number of amides is 1. The summed E-state index contributed by atoms with van der Waals surface area (Å²) >= 11 is 0.761. The van der Waals surface area contributed by atoms with Gasteiger partial charge in [0.05, 0.1) is 4.88 Å². The number of nitrogens with one attached hydrogen (secondary N) is 1. The van der Waals surface area contributed by atoms with Crippen LogP contribution >= 0.6 is 11.3 Å². The van der Waals surface area contributed by atoms with E-state index >= 15 is 0 Å². The first-order valence-corrected chi connectivity index (χ1v) is 9.56. The maximum atomic E-state index is 12.9. The van der Waals surface area contributed by atoms with Gasteiger partial charge in [0.15, 0.2) is 0 Å². The number of rotatable bonds is 6. The summed E-state index contributed by atoms with van der Waals surface area (Å²) in [4.78, 5) is 23.5. The number of carbonyl (C=O) groups excluding carboxylic acids is 2. The summed E-state index contributed by atoms with van der Waals surface area (Å²) in [5.74, 6) is -2.57. The fourth-order valence-corrected chi connectivity index (χ4v) is 3.53. The van der Waals surface area contributed by atoms with Crippen LogP contribution in [0.4, 0.5) is 17.6 Å². The summed E-state index contributed by atoms with van der Waals surface area (Å²) < 4.78 is 50.6. The first kappa shape index (κ1) is 21.4. The van der Waals surface area contributed by atoms with Crippen molar-refractivity contribution in [3.05, 3.63) is 88.6 Å². The minimum absolute atomic E-state index is 0.245. The van der Waals surface area contributed by atoms with Crippen LogP contribution in [0.3, 0.4) is 0 Å². The Morgan fingerprint density at radius 2 is 1.73 bits per heavy atom. The largest absolute Gasteiger partial charge is 0.455 e. The summed E-state index contributed by atoms with van der Waals surface area (Å²) in [7, 11) is 0. The molecule has 3 aromatic rings. The summed E-state index contributed by atoms with van der Waals surface area (Å²) in [5, 5.41) is 2.67. The van der Waals surface area contributed by atoms with Crippen molar-refractivity contribution < 1.29 is 27.2 Å². The third kappa shape index (κ3) is 5.64. The van der Waals surface area contributed by atoms with E-state index in [4.69, 9.17) is 0 Å². The Labute approximate surface area is 173 Å². The predicted octanol–water partition coefficient (Wildman–Crippen LogP) is 5.63. The third-order valence-corrected chi connectivity index (χ3v) is 5.20. The van der Waals surface area contributed by atoms with E-state index in [0.29, 0.717) is 16.0 Å². The summed E-state index contributed by atoms with van der Waals surface area (Å²) in [6, 6.07) is 15.2. The Morgan fingerprint density at radius 3 is 2.43 bits per heavy atom. The molecule has 30 heavy (non-hydrogen) atoms. The molecule has 0 unspecified atom stereocenters. The highest BCUT2D eigenvalue weighted by Crippen LogP contribution is 2.32. The molecular weight excluding hydrogens is 418 g/mol. The first-order chi connectivity index (χ1) is 14.2. The second kappa shape index (κ2) is 9.04. The zero-order chi connectivity index (χ0) is 21.7. The van der Waals surface area contributed by atoms with Crippen LogP contribution in [0.15, 0.2) is 66.7 Å². The molecule has 0 fully saturated rings. The zero-order valence-corrected chi connectivity index (χ0v) is 16.2. The number of thiophene rings is 1. The molecule has 0 spiro atoms.